The molecule has 0 heterocycles. The van der Waals surface area contributed by atoms with E-state index < -0.39 is 16.6 Å². The molecule has 1 aromatic carbocycles. The van der Waals surface area contributed by atoms with E-state index in [1.807, 2.05) is 27.8 Å². The average molecular weight is 323 g/mol. The van der Waals surface area contributed by atoms with E-state index >= 15 is 0 Å². The Labute approximate surface area is 136 Å². The van der Waals surface area contributed by atoms with E-state index in [1.54, 1.807) is 12.1 Å². The predicted molar refractivity (Wildman–Crippen MR) is 88.3 cm³/mol. The first-order valence-electron chi connectivity index (χ1n) is 7.56. The summed E-state index contributed by atoms with van der Waals surface area (Å²) in [5.74, 6) is 0. The summed E-state index contributed by atoms with van der Waals surface area (Å²) in [6, 6.07) is 6.53. The van der Waals surface area contributed by atoms with Gasteiger partial charge in [-0.05, 0) is 46.3 Å². The van der Waals surface area contributed by atoms with Crippen LogP contribution in [0.4, 0.5) is 10.5 Å². The monoisotopic (exact) mass is 323 g/mol. The molecule has 0 aliphatic rings. The average Bonchev–Trinajstić information content (AvgIpc) is 2.42. The van der Waals surface area contributed by atoms with Crippen molar-refractivity contribution in [3.63, 3.8) is 0 Å². The number of nitro benzene ring substituents is 1. The van der Waals surface area contributed by atoms with Gasteiger partial charge in [-0.25, -0.2) is 4.79 Å². The summed E-state index contributed by atoms with van der Waals surface area (Å²) in [6.45, 7) is 7.51. The lowest BCUT2D eigenvalue weighted by Crippen LogP contribution is -2.34. The minimum Gasteiger partial charge on any atom is -0.444 e. The van der Waals surface area contributed by atoms with Crippen LogP contribution in [0, 0.1) is 10.1 Å². The highest BCUT2D eigenvalue weighted by atomic mass is 16.6. The molecule has 1 amide bonds. The molecule has 1 aromatic rings. The van der Waals surface area contributed by atoms with Crippen molar-refractivity contribution in [2.75, 3.05) is 20.1 Å². The molecule has 7 nitrogen and oxygen atoms in total. The molecule has 0 aliphatic heterocycles. The summed E-state index contributed by atoms with van der Waals surface area (Å²) in [4.78, 5) is 23.8. The fraction of sp³-hybridized carbons (Fsp3) is 0.562. The fourth-order valence-electron chi connectivity index (χ4n) is 1.97. The first-order chi connectivity index (χ1) is 10.7. The molecule has 0 saturated heterocycles. The Morgan fingerprint density at radius 3 is 2.43 bits per heavy atom. The minimum atomic E-state index is -0.489. The van der Waals surface area contributed by atoms with Crippen molar-refractivity contribution >= 4 is 11.8 Å². The number of carbonyl (C=O) groups is 1. The van der Waals surface area contributed by atoms with Crippen molar-refractivity contribution in [1.82, 2.24) is 10.2 Å². The van der Waals surface area contributed by atoms with E-state index in [0.717, 1.165) is 18.5 Å². The number of rotatable bonds is 7. The second-order valence-electron chi connectivity index (χ2n) is 6.44. The molecule has 1 N–H and O–H groups in total. The highest BCUT2D eigenvalue weighted by molar-refractivity contribution is 5.67. The van der Waals surface area contributed by atoms with Crippen LogP contribution in [0.15, 0.2) is 24.3 Å². The van der Waals surface area contributed by atoms with E-state index in [4.69, 9.17) is 4.74 Å². The van der Waals surface area contributed by atoms with Gasteiger partial charge >= 0.3 is 6.09 Å². The molecule has 0 aliphatic carbocycles. The SMILES string of the molecule is CN(CCCNC(=O)OC(C)(C)C)Cc1ccc([N+](=O)[O-])cc1. The lowest BCUT2D eigenvalue weighted by molar-refractivity contribution is -0.384. The third-order valence-electron chi connectivity index (χ3n) is 2.98. The summed E-state index contributed by atoms with van der Waals surface area (Å²) in [5.41, 5.74) is 0.618. The van der Waals surface area contributed by atoms with Crippen molar-refractivity contribution < 1.29 is 14.5 Å². The van der Waals surface area contributed by atoms with Gasteiger partial charge in [-0.1, -0.05) is 12.1 Å². The van der Waals surface area contributed by atoms with Crippen LogP contribution in [-0.2, 0) is 11.3 Å². The van der Waals surface area contributed by atoms with Gasteiger partial charge in [0.25, 0.3) is 5.69 Å². The number of hydrogen-bond acceptors (Lipinski definition) is 5. The van der Waals surface area contributed by atoms with Gasteiger partial charge in [-0.15, -0.1) is 0 Å². The third-order valence-corrected chi connectivity index (χ3v) is 2.98. The Balaban J connectivity index is 2.25. The van der Waals surface area contributed by atoms with Crippen LogP contribution in [0.1, 0.15) is 32.8 Å². The van der Waals surface area contributed by atoms with Crippen molar-refractivity contribution in [3.8, 4) is 0 Å². The highest BCUT2D eigenvalue weighted by Gasteiger charge is 2.15. The van der Waals surface area contributed by atoms with Gasteiger partial charge in [-0.2, -0.15) is 0 Å². The van der Waals surface area contributed by atoms with Crippen LogP contribution in [0.3, 0.4) is 0 Å². The van der Waals surface area contributed by atoms with Crippen LogP contribution in [0.25, 0.3) is 0 Å². The maximum absolute atomic E-state index is 11.5. The van der Waals surface area contributed by atoms with E-state index in [9.17, 15) is 14.9 Å². The summed E-state index contributed by atoms with van der Waals surface area (Å²) in [6.07, 6.45) is 0.387. The Morgan fingerprint density at radius 1 is 1.30 bits per heavy atom. The lowest BCUT2D eigenvalue weighted by atomic mass is 10.2. The van der Waals surface area contributed by atoms with Crippen LogP contribution in [0.5, 0.6) is 0 Å². The highest BCUT2D eigenvalue weighted by Crippen LogP contribution is 2.13. The Kier molecular flexibility index (Phi) is 6.96. The Bertz CT molecular complexity index is 523. The third kappa shape index (κ3) is 8.15. The molecule has 0 radical (unpaired) electrons. The molecule has 1 rings (SSSR count). The zero-order valence-electron chi connectivity index (χ0n) is 14.2. The maximum atomic E-state index is 11.5. The predicted octanol–water partition coefficient (Wildman–Crippen LogP) is 2.94. The quantitative estimate of drug-likeness (QED) is 0.474. The molecule has 23 heavy (non-hydrogen) atoms. The summed E-state index contributed by atoms with van der Waals surface area (Å²) in [7, 11) is 1.97. The van der Waals surface area contributed by atoms with E-state index in [0.29, 0.717) is 13.1 Å². The molecule has 0 bridgehead atoms. The zero-order valence-corrected chi connectivity index (χ0v) is 14.2. The number of carbonyl (C=O) groups excluding carboxylic acids is 1. The second kappa shape index (κ2) is 8.47. The van der Waals surface area contributed by atoms with Gasteiger partial charge in [0.1, 0.15) is 5.60 Å². The van der Waals surface area contributed by atoms with Crippen LogP contribution in [-0.4, -0.2) is 41.7 Å². The molecule has 0 aromatic heterocycles. The summed E-state index contributed by atoms with van der Waals surface area (Å²) < 4.78 is 5.15. The zero-order chi connectivity index (χ0) is 17.5. The lowest BCUT2D eigenvalue weighted by Gasteiger charge is -2.20. The number of nitrogens with one attached hydrogen (secondary N) is 1. The fourth-order valence-corrected chi connectivity index (χ4v) is 1.97. The molecule has 128 valence electrons. The maximum Gasteiger partial charge on any atom is 0.407 e. The number of non-ortho nitro benzene ring substituents is 1. The molecule has 0 fully saturated rings. The van der Waals surface area contributed by atoms with Crippen molar-refractivity contribution in [2.45, 2.75) is 39.3 Å². The summed E-state index contributed by atoms with van der Waals surface area (Å²) in [5, 5.41) is 13.3. The van der Waals surface area contributed by atoms with Gasteiger partial charge < -0.3 is 15.0 Å². The number of nitrogens with zero attached hydrogens (tertiary/aromatic N) is 2. The van der Waals surface area contributed by atoms with E-state index in [-0.39, 0.29) is 5.69 Å². The number of nitro groups is 1. The normalized spacial score (nSPS) is 11.3. The molecular formula is C16H25N3O4. The first kappa shape index (κ1) is 18.9. The molecule has 0 saturated carbocycles. The summed E-state index contributed by atoms with van der Waals surface area (Å²) >= 11 is 0. The van der Waals surface area contributed by atoms with Crippen molar-refractivity contribution in [3.05, 3.63) is 39.9 Å². The molecule has 7 heteroatoms. The minimum absolute atomic E-state index is 0.0953. The van der Waals surface area contributed by atoms with Crippen LogP contribution < -0.4 is 5.32 Å². The standard InChI is InChI=1S/C16H25N3O4/c1-16(2,3)23-15(20)17-10-5-11-18(4)12-13-6-8-14(9-7-13)19(21)22/h6-9H,5,10-12H2,1-4H3,(H,17,20). The smallest absolute Gasteiger partial charge is 0.407 e. The van der Waals surface area contributed by atoms with Gasteiger partial charge in [0, 0.05) is 25.2 Å². The van der Waals surface area contributed by atoms with Gasteiger partial charge in [0.05, 0.1) is 4.92 Å². The van der Waals surface area contributed by atoms with Gasteiger partial charge in [0.2, 0.25) is 0 Å². The first-order valence-corrected chi connectivity index (χ1v) is 7.56. The van der Waals surface area contributed by atoms with E-state index in [1.165, 1.54) is 12.1 Å². The molecular weight excluding hydrogens is 298 g/mol. The van der Waals surface area contributed by atoms with E-state index in [2.05, 4.69) is 10.2 Å². The van der Waals surface area contributed by atoms with Crippen LogP contribution in [0.2, 0.25) is 0 Å². The second-order valence-corrected chi connectivity index (χ2v) is 6.44. The van der Waals surface area contributed by atoms with Gasteiger partial charge in [-0.3, -0.25) is 10.1 Å². The number of hydrogen-bond donors (Lipinski definition) is 1. The van der Waals surface area contributed by atoms with Crippen molar-refractivity contribution in [1.29, 1.82) is 0 Å². The Hall–Kier alpha value is -2.15. The largest absolute Gasteiger partial charge is 0.444 e. The van der Waals surface area contributed by atoms with Crippen LogP contribution >= 0.6 is 0 Å². The molecule has 0 spiro atoms. The number of amides is 1. The topological polar surface area (TPSA) is 84.7 Å². The molecule has 0 atom stereocenters. The molecule has 0 unspecified atom stereocenters. The van der Waals surface area contributed by atoms with Crippen molar-refractivity contribution in [2.24, 2.45) is 0 Å². The number of ether oxygens (including phenoxy) is 1. The van der Waals surface area contributed by atoms with Gasteiger partial charge in [0.15, 0.2) is 0 Å². The number of benzene rings is 1. The Morgan fingerprint density at radius 2 is 1.91 bits per heavy atom. The number of alkyl carbamates (subject to hydrolysis) is 1.